The Morgan fingerprint density at radius 1 is 1.25 bits per heavy atom. The number of anilines is 1. The summed E-state index contributed by atoms with van der Waals surface area (Å²) in [5.74, 6) is -2.00. The molecule has 2 heterocycles. The first kappa shape index (κ1) is 19.3. The summed E-state index contributed by atoms with van der Waals surface area (Å²) in [6, 6.07) is 9.15. The minimum Gasteiger partial charge on any atom is -0.288 e. The second-order valence-corrected chi connectivity index (χ2v) is 6.42. The van der Waals surface area contributed by atoms with E-state index < -0.39 is 11.8 Å². The van der Waals surface area contributed by atoms with Gasteiger partial charge in [0.25, 0.3) is 11.8 Å². The monoisotopic (exact) mass is 383 g/mol. The second-order valence-electron chi connectivity index (χ2n) is 6.42. The number of amides is 3. The van der Waals surface area contributed by atoms with Crippen LogP contribution in [0.4, 0.5) is 5.95 Å². The molecule has 1 atom stereocenters. The van der Waals surface area contributed by atoms with Crippen LogP contribution in [0.5, 0.6) is 0 Å². The van der Waals surface area contributed by atoms with Crippen molar-refractivity contribution in [3.8, 4) is 0 Å². The summed E-state index contributed by atoms with van der Waals surface area (Å²) in [6.07, 6.45) is 1.06. The van der Waals surface area contributed by atoms with Gasteiger partial charge in [0.1, 0.15) is 0 Å². The molecule has 0 bridgehead atoms. The molecule has 1 aromatic heterocycles. The molecule has 3 amide bonds. The Morgan fingerprint density at radius 2 is 2.00 bits per heavy atom. The molecule has 0 fully saturated rings. The fourth-order valence-corrected chi connectivity index (χ4v) is 2.93. The summed E-state index contributed by atoms with van der Waals surface area (Å²) >= 11 is 0. The zero-order valence-corrected chi connectivity index (χ0v) is 15.7. The molecular weight excluding hydrogens is 362 g/mol. The van der Waals surface area contributed by atoms with Crippen LogP contribution in [-0.2, 0) is 28.0 Å². The molecule has 1 aromatic carbocycles. The number of imide groups is 1. The van der Waals surface area contributed by atoms with E-state index in [-0.39, 0.29) is 36.6 Å². The minimum absolute atomic E-state index is 0.0762. The fraction of sp³-hybridized carbons (Fsp3) is 0.389. The average Bonchev–Trinajstić information content (AvgIpc) is 3.09. The number of aromatic nitrogens is 4. The first-order valence-corrected chi connectivity index (χ1v) is 8.99. The summed E-state index contributed by atoms with van der Waals surface area (Å²) in [7, 11) is 1.55. The van der Waals surface area contributed by atoms with Crippen molar-refractivity contribution in [1.29, 1.82) is 0 Å². The van der Waals surface area contributed by atoms with Gasteiger partial charge in [0, 0.05) is 19.5 Å². The molecule has 1 aliphatic heterocycles. The third-order valence-corrected chi connectivity index (χ3v) is 4.55. The van der Waals surface area contributed by atoms with Gasteiger partial charge >= 0.3 is 0 Å². The summed E-state index contributed by atoms with van der Waals surface area (Å²) < 4.78 is 1.26. The van der Waals surface area contributed by atoms with Gasteiger partial charge in [-0.2, -0.15) is 0 Å². The lowest BCUT2D eigenvalue weighted by molar-refractivity contribution is -0.145. The van der Waals surface area contributed by atoms with Crippen LogP contribution in [0.25, 0.3) is 0 Å². The molecule has 28 heavy (non-hydrogen) atoms. The number of tetrazole rings is 1. The molecule has 0 saturated heterocycles. The van der Waals surface area contributed by atoms with Crippen LogP contribution in [0, 0.1) is 5.92 Å². The number of aliphatic imine (C=N–C) groups is 1. The van der Waals surface area contributed by atoms with Crippen LogP contribution >= 0.6 is 0 Å². The van der Waals surface area contributed by atoms with Crippen molar-refractivity contribution in [2.75, 3.05) is 11.9 Å². The zero-order chi connectivity index (χ0) is 20.1. The number of nitrogens with one attached hydrogen (secondary N) is 1. The van der Waals surface area contributed by atoms with Crippen molar-refractivity contribution >= 4 is 29.4 Å². The van der Waals surface area contributed by atoms with Crippen LogP contribution in [0.3, 0.4) is 0 Å². The number of rotatable bonds is 5. The number of hydrogen-bond acceptors (Lipinski definition) is 7. The Hall–Kier alpha value is -3.43. The van der Waals surface area contributed by atoms with Gasteiger partial charge in [0.2, 0.25) is 11.9 Å². The van der Waals surface area contributed by atoms with Gasteiger partial charge in [-0.25, -0.2) is 4.68 Å². The molecule has 1 unspecified atom stereocenters. The standard InChI is InChI=1S/C18H21N7O3/c1-3-13-9-10-19-14(15(26)20-18-21-22-23-24(18)2)17(28)25(16(13)27)11-12-7-5-4-6-8-12/h4-8,13H,3,9-11H2,1-2H3,(H,20,21,23,26). The van der Waals surface area contributed by atoms with Crippen molar-refractivity contribution < 1.29 is 14.4 Å². The van der Waals surface area contributed by atoms with Gasteiger partial charge in [-0.3, -0.25) is 29.6 Å². The Labute approximate surface area is 161 Å². The summed E-state index contributed by atoms with van der Waals surface area (Å²) in [4.78, 5) is 44.0. The highest BCUT2D eigenvalue weighted by Crippen LogP contribution is 2.18. The molecular formula is C18H21N7O3. The number of hydrogen-bond donors (Lipinski definition) is 1. The average molecular weight is 383 g/mol. The molecule has 3 rings (SSSR count). The maximum absolute atomic E-state index is 13.1. The third kappa shape index (κ3) is 4.11. The Morgan fingerprint density at radius 3 is 2.64 bits per heavy atom. The van der Waals surface area contributed by atoms with E-state index >= 15 is 0 Å². The van der Waals surface area contributed by atoms with E-state index in [0.717, 1.165) is 10.5 Å². The zero-order valence-electron chi connectivity index (χ0n) is 15.7. The third-order valence-electron chi connectivity index (χ3n) is 4.55. The quantitative estimate of drug-likeness (QED) is 0.754. The lowest BCUT2D eigenvalue weighted by Gasteiger charge is -2.27. The van der Waals surface area contributed by atoms with Crippen LogP contribution in [0.15, 0.2) is 35.3 Å². The van der Waals surface area contributed by atoms with Gasteiger partial charge < -0.3 is 0 Å². The van der Waals surface area contributed by atoms with Crippen molar-refractivity contribution in [1.82, 2.24) is 25.1 Å². The number of nitrogens with zero attached hydrogens (tertiary/aromatic N) is 6. The van der Waals surface area contributed by atoms with Crippen LogP contribution < -0.4 is 5.32 Å². The SMILES string of the molecule is CCC1CCN=C(C(=O)Nc2nnnn2C)C(=O)N(Cc2ccccc2)C1=O. The number of aryl methyl sites for hydroxylation is 1. The lowest BCUT2D eigenvalue weighted by atomic mass is 9.98. The van der Waals surface area contributed by atoms with Crippen LogP contribution in [-0.4, -0.2) is 55.1 Å². The summed E-state index contributed by atoms with van der Waals surface area (Å²) in [5.41, 5.74) is 0.457. The topological polar surface area (TPSA) is 122 Å². The Bertz CT molecular complexity index is 907. The maximum atomic E-state index is 13.1. The first-order valence-electron chi connectivity index (χ1n) is 8.99. The lowest BCUT2D eigenvalue weighted by Crippen LogP contribution is -2.48. The normalized spacial score (nSPS) is 17.7. The smallest absolute Gasteiger partial charge is 0.284 e. The Kier molecular flexibility index (Phi) is 5.87. The molecule has 0 radical (unpaired) electrons. The largest absolute Gasteiger partial charge is 0.288 e. The summed E-state index contributed by atoms with van der Waals surface area (Å²) in [6.45, 7) is 2.19. The predicted octanol–water partition coefficient (Wildman–Crippen LogP) is 0.575. The van der Waals surface area contributed by atoms with Crippen molar-refractivity contribution in [2.24, 2.45) is 18.0 Å². The maximum Gasteiger partial charge on any atom is 0.284 e. The van der Waals surface area contributed by atoms with Gasteiger partial charge in [-0.15, -0.1) is 0 Å². The highest BCUT2D eigenvalue weighted by molar-refractivity contribution is 6.67. The number of carbonyl (C=O) groups is 3. The van der Waals surface area contributed by atoms with Gasteiger partial charge in [0.05, 0.1) is 6.54 Å². The van der Waals surface area contributed by atoms with Crippen molar-refractivity contribution in [3.63, 3.8) is 0 Å². The number of carbonyl (C=O) groups excluding carboxylic acids is 3. The highest BCUT2D eigenvalue weighted by atomic mass is 16.2. The second kappa shape index (κ2) is 8.51. The molecule has 10 nitrogen and oxygen atoms in total. The Balaban J connectivity index is 1.89. The van der Waals surface area contributed by atoms with E-state index in [2.05, 4.69) is 25.8 Å². The van der Waals surface area contributed by atoms with E-state index in [4.69, 9.17) is 0 Å². The van der Waals surface area contributed by atoms with Crippen LogP contribution in [0.2, 0.25) is 0 Å². The fourth-order valence-electron chi connectivity index (χ4n) is 2.93. The molecule has 146 valence electrons. The van der Waals surface area contributed by atoms with E-state index in [1.165, 1.54) is 4.68 Å². The summed E-state index contributed by atoms with van der Waals surface area (Å²) in [5, 5.41) is 13.2. The minimum atomic E-state index is -0.747. The van der Waals surface area contributed by atoms with Gasteiger partial charge in [0.15, 0.2) is 5.71 Å². The highest BCUT2D eigenvalue weighted by Gasteiger charge is 2.35. The number of benzene rings is 1. The molecule has 10 heteroatoms. The molecule has 0 saturated carbocycles. The van der Waals surface area contributed by atoms with E-state index in [1.54, 1.807) is 7.05 Å². The van der Waals surface area contributed by atoms with E-state index in [0.29, 0.717) is 12.8 Å². The molecule has 2 aromatic rings. The predicted molar refractivity (Wildman–Crippen MR) is 100 cm³/mol. The van der Waals surface area contributed by atoms with Crippen molar-refractivity contribution in [2.45, 2.75) is 26.3 Å². The first-order chi connectivity index (χ1) is 13.5. The van der Waals surface area contributed by atoms with Crippen LogP contribution in [0.1, 0.15) is 25.3 Å². The van der Waals surface area contributed by atoms with E-state index in [9.17, 15) is 14.4 Å². The molecule has 0 aliphatic carbocycles. The molecule has 1 N–H and O–H groups in total. The molecule has 1 aliphatic rings. The van der Waals surface area contributed by atoms with Gasteiger partial charge in [-0.05, 0) is 28.8 Å². The van der Waals surface area contributed by atoms with Gasteiger partial charge in [-0.1, -0.05) is 42.4 Å². The van der Waals surface area contributed by atoms with E-state index in [1.807, 2.05) is 37.3 Å². The molecule has 0 spiro atoms. The van der Waals surface area contributed by atoms with Crippen molar-refractivity contribution in [3.05, 3.63) is 35.9 Å².